The zero-order valence-electron chi connectivity index (χ0n) is 10.2. The highest BCUT2D eigenvalue weighted by molar-refractivity contribution is 5.91. The monoisotopic (exact) mass is 245 g/mol. The van der Waals surface area contributed by atoms with Gasteiger partial charge in [0.1, 0.15) is 6.04 Å². The fraction of sp³-hybridized carbons (Fsp3) is 0.700. The van der Waals surface area contributed by atoms with Crippen LogP contribution in [0.4, 0.5) is 0 Å². The van der Waals surface area contributed by atoms with Crippen molar-refractivity contribution in [2.75, 3.05) is 6.54 Å². The highest BCUT2D eigenvalue weighted by atomic mass is 16.4. The van der Waals surface area contributed by atoms with Gasteiger partial charge in [0, 0.05) is 0 Å². The average Bonchev–Trinajstić information content (AvgIpc) is 2.15. The predicted molar refractivity (Wildman–Crippen MR) is 61.1 cm³/mol. The summed E-state index contributed by atoms with van der Waals surface area (Å²) in [5.74, 6) is -2.56. The van der Waals surface area contributed by atoms with E-state index in [0.29, 0.717) is 6.54 Å². The van der Waals surface area contributed by atoms with Gasteiger partial charge in [-0.2, -0.15) is 0 Å². The number of nitrogens with two attached hydrogens (primary N) is 1. The van der Waals surface area contributed by atoms with Gasteiger partial charge in [-0.05, 0) is 20.4 Å². The van der Waals surface area contributed by atoms with Crippen LogP contribution in [0.5, 0.6) is 0 Å². The third-order valence-corrected chi connectivity index (χ3v) is 2.20. The molecule has 0 aromatic rings. The van der Waals surface area contributed by atoms with Gasteiger partial charge in [0.2, 0.25) is 11.8 Å². The maximum atomic E-state index is 11.8. The van der Waals surface area contributed by atoms with Crippen LogP contribution >= 0.6 is 0 Å². The molecule has 7 heteroatoms. The molecule has 0 spiro atoms. The second-order valence-electron chi connectivity index (χ2n) is 4.19. The first kappa shape index (κ1) is 15.4. The second kappa shape index (κ2) is 6.19. The van der Waals surface area contributed by atoms with E-state index in [4.69, 9.17) is 10.8 Å². The summed E-state index contributed by atoms with van der Waals surface area (Å²) in [6.45, 7) is 5.63. The Morgan fingerprint density at radius 2 is 1.88 bits per heavy atom. The van der Waals surface area contributed by atoms with Gasteiger partial charge in [-0.3, -0.25) is 9.59 Å². The van der Waals surface area contributed by atoms with Crippen molar-refractivity contribution >= 4 is 17.8 Å². The molecule has 0 aromatic carbocycles. The molecule has 17 heavy (non-hydrogen) atoms. The van der Waals surface area contributed by atoms with Crippen molar-refractivity contribution in [1.82, 2.24) is 10.6 Å². The average molecular weight is 245 g/mol. The molecule has 5 N–H and O–H groups in total. The molecule has 0 saturated carbocycles. The normalized spacial score (nSPS) is 12.9. The number of primary amides is 1. The molecule has 0 aromatic heterocycles. The fourth-order valence-electron chi connectivity index (χ4n) is 1.26. The number of hydrogen-bond acceptors (Lipinski definition) is 4. The first-order chi connectivity index (χ1) is 7.70. The minimum absolute atomic E-state index is 0.427. The first-order valence-corrected chi connectivity index (χ1v) is 5.27. The lowest BCUT2D eigenvalue weighted by molar-refractivity contribution is -0.144. The SMILES string of the molecule is CCNC(C)(C)C(=O)N[C@@H](CC(N)=O)C(=O)O. The van der Waals surface area contributed by atoms with Crippen LogP contribution in [0.25, 0.3) is 0 Å². The van der Waals surface area contributed by atoms with Crippen LogP contribution in [0, 0.1) is 0 Å². The van der Waals surface area contributed by atoms with E-state index in [1.807, 2.05) is 6.92 Å². The minimum Gasteiger partial charge on any atom is -0.480 e. The Morgan fingerprint density at radius 1 is 1.35 bits per heavy atom. The Hall–Kier alpha value is -1.63. The van der Waals surface area contributed by atoms with E-state index < -0.39 is 35.8 Å². The van der Waals surface area contributed by atoms with Crippen LogP contribution < -0.4 is 16.4 Å². The van der Waals surface area contributed by atoms with Crippen LogP contribution in [0.3, 0.4) is 0 Å². The maximum Gasteiger partial charge on any atom is 0.326 e. The van der Waals surface area contributed by atoms with Gasteiger partial charge in [-0.1, -0.05) is 6.92 Å². The van der Waals surface area contributed by atoms with E-state index >= 15 is 0 Å². The molecule has 0 unspecified atom stereocenters. The van der Waals surface area contributed by atoms with Crippen molar-refractivity contribution in [2.45, 2.75) is 38.8 Å². The third kappa shape index (κ3) is 5.30. The van der Waals surface area contributed by atoms with Crippen LogP contribution in [0.15, 0.2) is 0 Å². The number of carbonyl (C=O) groups excluding carboxylic acids is 2. The first-order valence-electron chi connectivity index (χ1n) is 5.27. The molecule has 2 amide bonds. The summed E-state index contributed by atoms with van der Waals surface area (Å²) in [5, 5.41) is 14.0. The van der Waals surface area contributed by atoms with E-state index in [0.717, 1.165) is 0 Å². The van der Waals surface area contributed by atoms with Gasteiger partial charge in [0.25, 0.3) is 0 Å². The third-order valence-electron chi connectivity index (χ3n) is 2.20. The summed E-state index contributed by atoms with van der Waals surface area (Å²) in [6.07, 6.45) is -0.427. The molecular weight excluding hydrogens is 226 g/mol. The van der Waals surface area contributed by atoms with Crippen molar-refractivity contribution in [3.8, 4) is 0 Å². The number of carbonyl (C=O) groups is 3. The molecular formula is C10H19N3O4. The summed E-state index contributed by atoms with van der Waals surface area (Å²) in [7, 11) is 0. The van der Waals surface area contributed by atoms with Crippen molar-refractivity contribution in [2.24, 2.45) is 5.73 Å². The quantitative estimate of drug-likeness (QED) is 0.450. The Morgan fingerprint density at radius 3 is 2.24 bits per heavy atom. The van der Waals surface area contributed by atoms with Gasteiger partial charge in [0.05, 0.1) is 12.0 Å². The number of rotatable bonds is 7. The Bertz CT molecular complexity index is 315. The zero-order valence-corrected chi connectivity index (χ0v) is 10.2. The number of carboxylic acid groups (broad SMARTS) is 1. The Labute approximate surface area is 99.7 Å². The lowest BCUT2D eigenvalue weighted by atomic mass is 10.0. The zero-order chi connectivity index (χ0) is 13.6. The van der Waals surface area contributed by atoms with E-state index in [2.05, 4.69) is 10.6 Å². The van der Waals surface area contributed by atoms with Crippen LogP contribution in [0.2, 0.25) is 0 Å². The summed E-state index contributed by atoms with van der Waals surface area (Å²) in [5.41, 5.74) is 4.00. The lowest BCUT2D eigenvalue weighted by Crippen LogP contribution is -2.56. The van der Waals surface area contributed by atoms with Crippen LogP contribution in [-0.2, 0) is 14.4 Å². The van der Waals surface area contributed by atoms with E-state index in [9.17, 15) is 14.4 Å². The summed E-state index contributed by atoms with van der Waals surface area (Å²) >= 11 is 0. The van der Waals surface area contributed by atoms with Crippen molar-refractivity contribution in [1.29, 1.82) is 0 Å². The summed E-state index contributed by atoms with van der Waals surface area (Å²) in [4.78, 5) is 33.2. The van der Waals surface area contributed by atoms with Crippen LogP contribution in [-0.4, -0.2) is 41.0 Å². The largest absolute Gasteiger partial charge is 0.480 e. The molecule has 0 aliphatic carbocycles. The molecule has 0 saturated heterocycles. The summed E-state index contributed by atoms with van der Waals surface area (Å²) in [6, 6.07) is -1.29. The van der Waals surface area contributed by atoms with Gasteiger partial charge in [-0.25, -0.2) is 4.79 Å². The van der Waals surface area contributed by atoms with Gasteiger partial charge < -0.3 is 21.5 Å². The number of nitrogens with one attached hydrogen (secondary N) is 2. The van der Waals surface area contributed by atoms with E-state index in [1.54, 1.807) is 13.8 Å². The van der Waals surface area contributed by atoms with Gasteiger partial charge >= 0.3 is 5.97 Å². The molecule has 0 aliphatic rings. The topological polar surface area (TPSA) is 122 Å². The van der Waals surface area contributed by atoms with Crippen molar-refractivity contribution in [3.63, 3.8) is 0 Å². The number of likely N-dealkylation sites (N-methyl/N-ethyl adjacent to an activating group) is 1. The second-order valence-corrected chi connectivity index (χ2v) is 4.19. The Balaban J connectivity index is 4.60. The number of hydrogen-bond donors (Lipinski definition) is 4. The van der Waals surface area contributed by atoms with Gasteiger partial charge in [0.15, 0.2) is 0 Å². The smallest absolute Gasteiger partial charge is 0.326 e. The minimum atomic E-state index is -1.29. The van der Waals surface area contributed by atoms with Crippen molar-refractivity contribution < 1.29 is 19.5 Å². The molecule has 0 bridgehead atoms. The number of amides is 2. The fourth-order valence-corrected chi connectivity index (χ4v) is 1.26. The predicted octanol–water partition coefficient (Wildman–Crippen LogP) is -1.18. The molecule has 0 fully saturated rings. The molecule has 0 aliphatic heterocycles. The molecule has 7 nitrogen and oxygen atoms in total. The molecule has 0 rings (SSSR count). The molecule has 98 valence electrons. The molecule has 1 atom stereocenters. The highest BCUT2D eigenvalue weighted by Gasteiger charge is 2.31. The van der Waals surface area contributed by atoms with E-state index in [1.165, 1.54) is 0 Å². The van der Waals surface area contributed by atoms with Crippen molar-refractivity contribution in [3.05, 3.63) is 0 Å². The lowest BCUT2D eigenvalue weighted by Gasteiger charge is -2.26. The maximum absolute atomic E-state index is 11.8. The molecule has 0 heterocycles. The molecule has 0 radical (unpaired) electrons. The number of aliphatic carboxylic acids is 1. The van der Waals surface area contributed by atoms with Crippen LogP contribution in [0.1, 0.15) is 27.2 Å². The van der Waals surface area contributed by atoms with E-state index in [-0.39, 0.29) is 0 Å². The standard InChI is InChI=1S/C10H19N3O4/c1-4-12-10(2,3)9(17)13-6(8(15)16)5-7(11)14/h6,12H,4-5H2,1-3H3,(H2,11,14)(H,13,17)(H,15,16)/t6-/m0/s1. The Kier molecular flexibility index (Phi) is 5.60. The van der Waals surface area contributed by atoms with Gasteiger partial charge in [-0.15, -0.1) is 0 Å². The summed E-state index contributed by atoms with van der Waals surface area (Å²) < 4.78 is 0. The number of carboxylic acids is 1. The highest BCUT2D eigenvalue weighted by Crippen LogP contribution is 2.03.